The molecule has 6 nitrogen and oxygen atoms in total. The van der Waals surface area contributed by atoms with E-state index in [0.717, 1.165) is 17.5 Å². The monoisotopic (exact) mass is 458 g/mol. The summed E-state index contributed by atoms with van der Waals surface area (Å²) in [5.74, 6) is -1.50. The zero-order valence-corrected chi connectivity index (χ0v) is 19.8. The second-order valence-electron chi connectivity index (χ2n) is 8.52. The highest BCUT2D eigenvalue weighted by Crippen LogP contribution is 2.21. The molecule has 0 spiro atoms. The Balaban J connectivity index is 1.69. The van der Waals surface area contributed by atoms with E-state index in [-0.39, 0.29) is 23.9 Å². The Morgan fingerprint density at radius 3 is 2.15 bits per heavy atom. The molecule has 0 saturated carbocycles. The first-order chi connectivity index (χ1) is 16.2. The number of nitrogens with zero attached hydrogens (tertiary/aromatic N) is 1. The molecule has 34 heavy (non-hydrogen) atoms. The minimum absolute atomic E-state index is 0.119. The number of aromatic carboxylic acids is 1. The van der Waals surface area contributed by atoms with Crippen LogP contribution in [0.4, 0.5) is 11.4 Å². The smallest absolute Gasteiger partial charge is 0.335 e. The van der Waals surface area contributed by atoms with Gasteiger partial charge in [-0.25, -0.2) is 4.79 Å². The van der Waals surface area contributed by atoms with E-state index in [9.17, 15) is 14.4 Å². The lowest BCUT2D eigenvalue weighted by molar-refractivity contribution is -0.121. The number of amides is 2. The van der Waals surface area contributed by atoms with Crippen LogP contribution < -0.4 is 10.2 Å². The number of hydrogen-bond donors (Lipinski definition) is 2. The van der Waals surface area contributed by atoms with Crippen LogP contribution in [-0.2, 0) is 16.0 Å². The van der Waals surface area contributed by atoms with Crippen molar-refractivity contribution < 1.29 is 19.5 Å². The number of nitrogens with one attached hydrogen (secondary N) is 1. The number of carbonyl (C=O) groups excluding carboxylic acids is 2. The largest absolute Gasteiger partial charge is 0.478 e. The summed E-state index contributed by atoms with van der Waals surface area (Å²) in [5.41, 5.74) is 5.82. The third-order valence-corrected chi connectivity index (χ3v) is 5.80. The van der Waals surface area contributed by atoms with Gasteiger partial charge in [0, 0.05) is 17.8 Å². The number of carboxylic acid groups (broad SMARTS) is 1. The summed E-state index contributed by atoms with van der Waals surface area (Å²) in [4.78, 5) is 38.5. The summed E-state index contributed by atoms with van der Waals surface area (Å²) < 4.78 is 0. The van der Waals surface area contributed by atoms with Gasteiger partial charge in [0.25, 0.3) is 0 Å². The van der Waals surface area contributed by atoms with Crippen molar-refractivity contribution in [1.82, 2.24) is 0 Å². The van der Waals surface area contributed by atoms with Gasteiger partial charge in [0.2, 0.25) is 11.8 Å². The first kappa shape index (κ1) is 24.7. The number of benzene rings is 3. The number of aryl methyl sites for hydroxylation is 4. The molecule has 0 aliphatic rings. The highest BCUT2D eigenvalue weighted by Gasteiger charge is 2.20. The Morgan fingerprint density at radius 1 is 0.853 bits per heavy atom. The van der Waals surface area contributed by atoms with Gasteiger partial charge in [-0.3, -0.25) is 9.59 Å². The van der Waals surface area contributed by atoms with Crippen LogP contribution >= 0.6 is 0 Å². The second kappa shape index (κ2) is 11.3. The molecule has 2 N–H and O–H groups in total. The molecule has 0 aliphatic carbocycles. The van der Waals surface area contributed by atoms with Gasteiger partial charge in [-0.2, -0.15) is 0 Å². The van der Waals surface area contributed by atoms with Crippen molar-refractivity contribution >= 4 is 29.2 Å². The van der Waals surface area contributed by atoms with Gasteiger partial charge >= 0.3 is 5.97 Å². The zero-order chi connectivity index (χ0) is 24.7. The molecule has 0 heterocycles. The standard InChI is InChI=1S/C28H30N2O4/c1-19-7-10-22(11-8-19)5-4-6-27(32)30(25-16-9-20(2)21(3)17-25)18-26(31)29-24-14-12-23(13-15-24)28(33)34/h7-17H,4-6,18H2,1-3H3,(H,29,31)(H,33,34). The summed E-state index contributed by atoms with van der Waals surface area (Å²) in [6.07, 6.45) is 1.79. The van der Waals surface area contributed by atoms with Crippen molar-refractivity contribution in [3.63, 3.8) is 0 Å². The number of carbonyl (C=O) groups is 3. The number of rotatable bonds is 9. The molecule has 6 heteroatoms. The van der Waals surface area contributed by atoms with E-state index in [1.165, 1.54) is 40.3 Å². The SMILES string of the molecule is Cc1ccc(CCCC(=O)N(CC(=O)Nc2ccc(C(=O)O)cc2)c2ccc(C)c(C)c2)cc1. The van der Waals surface area contributed by atoms with Crippen LogP contribution in [0.1, 0.15) is 45.5 Å². The molecule has 3 rings (SSSR count). The Hall–Kier alpha value is -3.93. The molecular weight excluding hydrogens is 428 g/mol. The molecular formula is C28H30N2O4. The van der Waals surface area contributed by atoms with E-state index >= 15 is 0 Å². The van der Waals surface area contributed by atoms with Gasteiger partial charge < -0.3 is 15.3 Å². The fraction of sp³-hybridized carbons (Fsp3) is 0.250. The van der Waals surface area contributed by atoms with Crippen molar-refractivity contribution in [2.75, 3.05) is 16.8 Å². The highest BCUT2D eigenvalue weighted by molar-refractivity contribution is 6.02. The Bertz CT molecular complexity index is 1170. The fourth-order valence-electron chi connectivity index (χ4n) is 3.59. The van der Waals surface area contributed by atoms with E-state index < -0.39 is 5.97 Å². The average Bonchev–Trinajstić information content (AvgIpc) is 2.81. The minimum atomic E-state index is -1.03. The maximum atomic E-state index is 13.2. The van der Waals surface area contributed by atoms with Crippen molar-refractivity contribution in [3.05, 3.63) is 94.5 Å². The molecule has 0 unspecified atom stereocenters. The topological polar surface area (TPSA) is 86.7 Å². The quantitative estimate of drug-likeness (QED) is 0.455. The maximum Gasteiger partial charge on any atom is 0.335 e. The van der Waals surface area contributed by atoms with Gasteiger partial charge in [0.1, 0.15) is 6.54 Å². The van der Waals surface area contributed by atoms with Crippen LogP contribution in [0.2, 0.25) is 0 Å². The lowest BCUT2D eigenvalue weighted by Crippen LogP contribution is -2.38. The molecule has 2 amide bonds. The van der Waals surface area contributed by atoms with Gasteiger partial charge in [0.05, 0.1) is 5.56 Å². The summed E-state index contributed by atoms with van der Waals surface area (Å²) in [7, 11) is 0. The summed E-state index contributed by atoms with van der Waals surface area (Å²) in [5, 5.41) is 11.8. The first-order valence-electron chi connectivity index (χ1n) is 11.3. The summed E-state index contributed by atoms with van der Waals surface area (Å²) in [6.45, 7) is 5.89. The van der Waals surface area contributed by atoms with Crippen LogP contribution in [0, 0.1) is 20.8 Å². The molecule has 3 aromatic carbocycles. The Morgan fingerprint density at radius 2 is 1.53 bits per heavy atom. The molecule has 176 valence electrons. The van der Waals surface area contributed by atoms with Crippen LogP contribution in [0.5, 0.6) is 0 Å². The average molecular weight is 459 g/mol. The van der Waals surface area contributed by atoms with Gasteiger partial charge in [-0.1, -0.05) is 35.9 Å². The van der Waals surface area contributed by atoms with Crippen LogP contribution in [0.15, 0.2) is 66.7 Å². The van der Waals surface area contributed by atoms with Gasteiger partial charge in [0.15, 0.2) is 0 Å². The number of hydrogen-bond acceptors (Lipinski definition) is 3. The van der Waals surface area contributed by atoms with Crippen molar-refractivity contribution in [3.8, 4) is 0 Å². The highest BCUT2D eigenvalue weighted by atomic mass is 16.4. The third kappa shape index (κ3) is 6.78. The predicted molar refractivity (Wildman–Crippen MR) is 134 cm³/mol. The lowest BCUT2D eigenvalue weighted by Gasteiger charge is -2.23. The molecule has 0 bridgehead atoms. The van der Waals surface area contributed by atoms with E-state index in [1.807, 2.05) is 39.0 Å². The molecule has 0 saturated heterocycles. The molecule has 0 aliphatic heterocycles. The van der Waals surface area contributed by atoms with Crippen LogP contribution in [0.25, 0.3) is 0 Å². The minimum Gasteiger partial charge on any atom is -0.478 e. The van der Waals surface area contributed by atoms with Gasteiger partial charge in [-0.15, -0.1) is 0 Å². The van der Waals surface area contributed by atoms with Gasteiger partial charge in [-0.05, 0) is 86.7 Å². The van der Waals surface area contributed by atoms with Crippen molar-refractivity contribution in [1.29, 1.82) is 0 Å². The van der Waals surface area contributed by atoms with E-state index in [4.69, 9.17) is 5.11 Å². The molecule has 0 fully saturated rings. The van der Waals surface area contributed by atoms with E-state index in [0.29, 0.717) is 24.2 Å². The third-order valence-electron chi connectivity index (χ3n) is 5.80. The maximum absolute atomic E-state index is 13.2. The number of carboxylic acids is 1. The molecule has 0 radical (unpaired) electrons. The van der Waals surface area contributed by atoms with Crippen molar-refractivity contribution in [2.24, 2.45) is 0 Å². The molecule has 3 aromatic rings. The van der Waals surface area contributed by atoms with Crippen LogP contribution in [0.3, 0.4) is 0 Å². The second-order valence-corrected chi connectivity index (χ2v) is 8.52. The van der Waals surface area contributed by atoms with E-state index in [2.05, 4.69) is 29.6 Å². The Labute approximate surface area is 200 Å². The lowest BCUT2D eigenvalue weighted by atomic mass is 10.1. The van der Waals surface area contributed by atoms with Crippen LogP contribution in [-0.4, -0.2) is 29.4 Å². The summed E-state index contributed by atoms with van der Waals surface area (Å²) in [6, 6.07) is 19.9. The Kier molecular flexibility index (Phi) is 8.19. The molecule has 0 atom stereocenters. The summed E-state index contributed by atoms with van der Waals surface area (Å²) >= 11 is 0. The fourth-order valence-corrected chi connectivity index (χ4v) is 3.59. The predicted octanol–water partition coefficient (Wildman–Crippen LogP) is 5.30. The normalized spacial score (nSPS) is 10.6. The zero-order valence-electron chi connectivity index (χ0n) is 19.8. The van der Waals surface area contributed by atoms with E-state index in [1.54, 1.807) is 0 Å². The number of anilines is 2. The molecule has 0 aromatic heterocycles. The first-order valence-corrected chi connectivity index (χ1v) is 11.3. The van der Waals surface area contributed by atoms with Crippen molar-refractivity contribution in [2.45, 2.75) is 40.0 Å².